The number of hydrogen-bond donors (Lipinski definition) is 1. The molecule has 0 spiro atoms. The number of hydrogen-bond acceptors (Lipinski definition) is 6. The van der Waals surface area contributed by atoms with Crippen LogP contribution in [0.5, 0.6) is 0 Å². The minimum Gasteiger partial charge on any atom is -0.470 e. The van der Waals surface area contributed by atoms with Crippen LogP contribution < -0.4 is 15.6 Å². The van der Waals surface area contributed by atoms with Crippen molar-refractivity contribution in [2.45, 2.75) is 40.7 Å². The van der Waals surface area contributed by atoms with Gasteiger partial charge in [0.05, 0.1) is 10.6 Å². The fourth-order valence-electron chi connectivity index (χ4n) is 3.11. The second-order valence-corrected chi connectivity index (χ2v) is 7.79. The molecule has 140 valence electrons. The molecule has 1 aromatic heterocycles. The quantitative estimate of drug-likeness (QED) is 0.499. The minimum atomic E-state index is 0.316. The number of rotatable bonds is 4. The second-order valence-electron chi connectivity index (χ2n) is 6.70. The summed E-state index contributed by atoms with van der Waals surface area (Å²) in [6, 6.07) is 7.88. The lowest BCUT2D eigenvalue weighted by molar-refractivity contribution is 0.296. The van der Waals surface area contributed by atoms with E-state index in [9.17, 15) is 0 Å². The van der Waals surface area contributed by atoms with Crippen LogP contribution >= 0.6 is 11.3 Å². The van der Waals surface area contributed by atoms with Gasteiger partial charge in [0, 0.05) is 23.2 Å². The number of aryl methyl sites for hydroxylation is 1. The van der Waals surface area contributed by atoms with Crippen LogP contribution in [0.25, 0.3) is 5.57 Å². The summed E-state index contributed by atoms with van der Waals surface area (Å²) in [6.07, 6.45) is 0.889. The Morgan fingerprint density at radius 2 is 1.96 bits per heavy atom. The van der Waals surface area contributed by atoms with Gasteiger partial charge in [-0.15, -0.1) is 16.4 Å². The van der Waals surface area contributed by atoms with Gasteiger partial charge in [-0.1, -0.05) is 23.8 Å². The van der Waals surface area contributed by atoms with Crippen LogP contribution in [0.2, 0.25) is 0 Å². The number of nitrogen functional groups attached to an aromatic ring is 1. The Bertz CT molecular complexity index is 1080. The van der Waals surface area contributed by atoms with Crippen LogP contribution in [-0.4, -0.2) is 12.6 Å². The van der Waals surface area contributed by atoms with Gasteiger partial charge in [0.15, 0.2) is 0 Å². The normalized spacial score (nSPS) is 14.5. The van der Waals surface area contributed by atoms with Gasteiger partial charge in [0.1, 0.15) is 11.3 Å². The van der Waals surface area contributed by atoms with Crippen molar-refractivity contribution in [3.05, 3.63) is 61.4 Å². The minimum absolute atomic E-state index is 0.316. The highest BCUT2D eigenvalue weighted by molar-refractivity contribution is 7.10. The van der Waals surface area contributed by atoms with Crippen LogP contribution in [0.15, 0.2) is 50.7 Å². The maximum Gasteiger partial charge on any atom is 0.241 e. The molecule has 0 aliphatic carbocycles. The number of anilines is 1. The Morgan fingerprint density at radius 1 is 1.22 bits per heavy atom. The average molecular weight is 381 g/mol. The maximum absolute atomic E-state index is 6.46. The third-order valence-electron chi connectivity index (χ3n) is 4.72. The Kier molecular flexibility index (Phi) is 5.56. The molecule has 0 fully saturated rings. The number of nitrogens with zero attached hydrogens (tertiary/aromatic N) is 3. The molecule has 1 aromatic carbocycles. The van der Waals surface area contributed by atoms with E-state index in [1.807, 2.05) is 38.1 Å². The molecule has 5 nitrogen and oxygen atoms in total. The van der Waals surface area contributed by atoms with Crippen LogP contribution in [0.4, 0.5) is 5.69 Å². The van der Waals surface area contributed by atoms with Crippen molar-refractivity contribution in [2.75, 3.05) is 5.73 Å². The Balaban J connectivity index is 1.96. The lowest BCUT2D eigenvalue weighted by atomic mass is 10.1. The molecule has 2 N–H and O–H groups in total. The van der Waals surface area contributed by atoms with Gasteiger partial charge < -0.3 is 10.5 Å². The number of ether oxygens (including phenoxy) is 1. The summed E-state index contributed by atoms with van der Waals surface area (Å²) in [4.78, 5) is 5.72. The molecule has 3 rings (SSSR count). The van der Waals surface area contributed by atoms with Crippen molar-refractivity contribution in [2.24, 2.45) is 15.2 Å². The van der Waals surface area contributed by atoms with Crippen LogP contribution in [-0.2, 0) is 11.3 Å². The van der Waals surface area contributed by atoms with Crippen LogP contribution in [0.3, 0.4) is 0 Å². The largest absolute Gasteiger partial charge is 0.470 e. The van der Waals surface area contributed by atoms with Crippen molar-refractivity contribution in [1.29, 1.82) is 0 Å². The van der Waals surface area contributed by atoms with Crippen molar-refractivity contribution < 1.29 is 4.74 Å². The summed E-state index contributed by atoms with van der Waals surface area (Å²) in [5.41, 5.74) is 12.7. The van der Waals surface area contributed by atoms with E-state index in [1.165, 1.54) is 11.1 Å². The first-order valence-electron chi connectivity index (χ1n) is 8.76. The molecule has 0 unspecified atom stereocenters. The van der Waals surface area contributed by atoms with Crippen LogP contribution in [0.1, 0.15) is 43.2 Å². The number of benzene rings is 1. The average Bonchev–Trinajstić information content (AvgIpc) is 2.88. The standard InChI is InChI=1S/C21H24N4OS/c1-12-8-6-7-9-16(12)20(25-23-5)26-11-17-19(22)18-14(3)10-13(2)15(4)24-21(18)27-17/h6-9H,5,10-11,22H2,1-4H3/b25-20-. The lowest BCUT2D eigenvalue weighted by Crippen LogP contribution is -2.23. The number of nitrogens with two attached hydrogens (primary N) is 1. The molecule has 1 aliphatic heterocycles. The van der Waals surface area contributed by atoms with Gasteiger partial charge in [0.25, 0.3) is 0 Å². The summed E-state index contributed by atoms with van der Waals surface area (Å²) in [5, 5.41) is 8.77. The van der Waals surface area contributed by atoms with Gasteiger partial charge in [-0.25, -0.2) is 4.99 Å². The van der Waals surface area contributed by atoms with E-state index in [4.69, 9.17) is 15.5 Å². The van der Waals surface area contributed by atoms with E-state index in [0.717, 1.165) is 43.7 Å². The first-order valence-corrected chi connectivity index (χ1v) is 9.58. The van der Waals surface area contributed by atoms with Crippen molar-refractivity contribution in [3.63, 3.8) is 0 Å². The highest BCUT2D eigenvalue weighted by Gasteiger charge is 2.15. The molecule has 0 amide bonds. The summed E-state index contributed by atoms with van der Waals surface area (Å²) in [7, 11) is 0. The summed E-state index contributed by atoms with van der Waals surface area (Å²) in [5.74, 6) is 0.440. The summed E-state index contributed by atoms with van der Waals surface area (Å²) in [6.45, 7) is 12.1. The molecule has 27 heavy (non-hydrogen) atoms. The zero-order valence-electron chi connectivity index (χ0n) is 16.2. The van der Waals surface area contributed by atoms with E-state index in [0.29, 0.717) is 12.5 Å². The fourth-order valence-corrected chi connectivity index (χ4v) is 4.24. The van der Waals surface area contributed by atoms with Gasteiger partial charge in [0.2, 0.25) is 5.90 Å². The topological polar surface area (TPSA) is 72.3 Å². The van der Waals surface area contributed by atoms with Gasteiger partial charge in [-0.05, 0) is 51.3 Å². The maximum atomic E-state index is 6.46. The first-order chi connectivity index (χ1) is 12.9. The second kappa shape index (κ2) is 7.88. The van der Waals surface area contributed by atoms with Gasteiger partial charge in [-0.2, -0.15) is 5.10 Å². The van der Waals surface area contributed by atoms with E-state index in [-0.39, 0.29) is 0 Å². The number of fused-ring (bicyclic) bond motifs is 1. The molecule has 6 heteroatoms. The van der Waals surface area contributed by atoms with Gasteiger partial charge >= 0.3 is 0 Å². The Hall–Kier alpha value is -2.73. The predicted octanol–water partition coefficient (Wildman–Crippen LogP) is 3.71. The van der Waals surface area contributed by atoms with Crippen molar-refractivity contribution in [1.82, 2.24) is 0 Å². The van der Waals surface area contributed by atoms with E-state index >= 15 is 0 Å². The Morgan fingerprint density at radius 3 is 2.67 bits per heavy atom. The highest BCUT2D eigenvalue weighted by atomic mass is 32.1. The SMILES string of the molecule is C=N/N=C(\OCc1sc2c(c1N)=C(C)CC(C)=C(C)N=2)c1ccccc1C. The molecular weight excluding hydrogens is 356 g/mol. The van der Waals surface area contributed by atoms with Gasteiger partial charge in [-0.3, -0.25) is 0 Å². The van der Waals surface area contributed by atoms with Crippen molar-refractivity contribution in [3.8, 4) is 0 Å². The van der Waals surface area contributed by atoms with E-state index < -0.39 is 0 Å². The highest BCUT2D eigenvalue weighted by Crippen LogP contribution is 2.21. The summed E-state index contributed by atoms with van der Waals surface area (Å²) >= 11 is 1.57. The third kappa shape index (κ3) is 3.85. The molecule has 0 saturated carbocycles. The third-order valence-corrected chi connectivity index (χ3v) is 5.80. The molecular formula is C21H24N4OS. The Labute approximate surface area is 163 Å². The molecule has 1 aliphatic rings. The molecule has 0 radical (unpaired) electrons. The van der Waals surface area contributed by atoms with Crippen LogP contribution in [0, 0.1) is 6.92 Å². The lowest BCUT2D eigenvalue weighted by Gasteiger charge is -2.10. The molecule has 0 atom stereocenters. The zero-order valence-corrected chi connectivity index (χ0v) is 17.0. The van der Waals surface area contributed by atoms with Crippen molar-refractivity contribution >= 4 is 35.2 Å². The molecule has 0 saturated heterocycles. The molecule has 0 bridgehead atoms. The zero-order chi connectivity index (χ0) is 19.6. The molecule has 2 aromatic rings. The summed E-state index contributed by atoms with van der Waals surface area (Å²) < 4.78 is 6.95. The number of allylic oxidation sites excluding steroid dienone is 2. The first kappa shape index (κ1) is 19.0. The van der Waals surface area contributed by atoms with E-state index in [1.54, 1.807) is 11.3 Å². The fraction of sp³-hybridized carbons (Fsp3) is 0.286. The smallest absolute Gasteiger partial charge is 0.241 e. The predicted molar refractivity (Wildman–Crippen MR) is 114 cm³/mol. The van der Waals surface area contributed by atoms with E-state index in [2.05, 4.69) is 30.8 Å². The number of thiophene rings is 1. The molecule has 2 heterocycles. The monoisotopic (exact) mass is 380 g/mol.